The Morgan fingerprint density at radius 3 is 2.42 bits per heavy atom. The van der Waals surface area contributed by atoms with Crippen LogP contribution >= 0.6 is 0 Å². The van der Waals surface area contributed by atoms with E-state index in [0.717, 1.165) is 37.0 Å². The van der Waals surface area contributed by atoms with Crippen molar-refractivity contribution >= 4 is 5.91 Å². The van der Waals surface area contributed by atoms with Crippen LogP contribution in [0.3, 0.4) is 0 Å². The first-order valence-corrected chi connectivity index (χ1v) is 9.72. The van der Waals surface area contributed by atoms with Crippen LogP contribution in [0, 0.1) is 17.8 Å². The lowest BCUT2D eigenvalue weighted by Crippen LogP contribution is -2.40. The van der Waals surface area contributed by atoms with Crippen molar-refractivity contribution in [1.29, 1.82) is 0 Å². The number of benzene rings is 1. The minimum Gasteiger partial charge on any atom is -0.349 e. The summed E-state index contributed by atoms with van der Waals surface area (Å²) < 4.78 is 0. The van der Waals surface area contributed by atoms with Crippen molar-refractivity contribution in [3.63, 3.8) is 0 Å². The van der Waals surface area contributed by atoms with Gasteiger partial charge in [0.05, 0.1) is 0 Å². The largest absolute Gasteiger partial charge is 0.349 e. The molecular weight excluding hydrogens is 296 g/mol. The summed E-state index contributed by atoms with van der Waals surface area (Å²) in [5, 5.41) is 3.26. The Bertz CT molecular complexity index is 549. The molecule has 3 nitrogen and oxygen atoms in total. The Kier molecular flexibility index (Phi) is 5.60. The average molecular weight is 329 g/mol. The van der Waals surface area contributed by atoms with E-state index in [9.17, 15) is 4.79 Å². The van der Waals surface area contributed by atoms with Gasteiger partial charge in [0.2, 0.25) is 0 Å². The molecule has 0 radical (unpaired) electrons. The Hall–Kier alpha value is -1.35. The Labute approximate surface area is 146 Å². The molecule has 3 rings (SSSR count). The third-order valence-corrected chi connectivity index (χ3v) is 6.31. The smallest absolute Gasteiger partial charge is 0.251 e. The van der Waals surface area contributed by atoms with Gasteiger partial charge in [-0.25, -0.2) is 0 Å². The second-order valence-corrected chi connectivity index (χ2v) is 7.76. The van der Waals surface area contributed by atoms with Gasteiger partial charge in [-0.05, 0) is 74.7 Å². The third-order valence-electron chi connectivity index (χ3n) is 6.31. The Balaban J connectivity index is 1.55. The summed E-state index contributed by atoms with van der Waals surface area (Å²) in [4.78, 5) is 14.9. The second-order valence-electron chi connectivity index (χ2n) is 7.76. The minimum absolute atomic E-state index is 0.0830. The molecule has 2 bridgehead atoms. The Morgan fingerprint density at radius 2 is 1.88 bits per heavy atom. The summed E-state index contributed by atoms with van der Waals surface area (Å²) in [5.74, 6) is 2.55. The molecule has 1 N–H and O–H groups in total. The van der Waals surface area contributed by atoms with E-state index in [4.69, 9.17) is 0 Å². The number of carbonyl (C=O) groups excluding carboxylic acids is 1. The lowest BCUT2D eigenvalue weighted by Gasteiger charge is -2.28. The van der Waals surface area contributed by atoms with Gasteiger partial charge in [-0.3, -0.25) is 9.69 Å². The number of nitrogens with zero attached hydrogens (tertiary/aromatic N) is 1. The molecule has 0 heterocycles. The van der Waals surface area contributed by atoms with Crippen LogP contribution in [0.4, 0.5) is 0 Å². The van der Waals surface area contributed by atoms with Gasteiger partial charge in [-0.1, -0.05) is 32.4 Å². The molecule has 132 valence electrons. The quantitative estimate of drug-likeness (QED) is 0.818. The predicted octanol–water partition coefficient (Wildman–Crippen LogP) is 4.08. The molecule has 4 unspecified atom stereocenters. The maximum Gasteiger partial charge on any atom is 0.251 e. The molecule has 4 atom stereocenters. The van der Waals surface area contributed by atoms with E-state index in [1.165, 1.54) is 31.2 Å². The van der Waals surface area contributed by atoms with Crippen LogP contribution < -0.4 is 5.32 Å². The first kappa shape index (κ1) is 17.5. The molecule has 1 aromatic rings. The molecule has 0 saturated heterocycles. The van der Waals surface area contributed by atoms with Crippen LogP contribution in [0.1, 0.15) is 62.4 Å². The van der Waals surface area contributed by atoms with Gasteiger partial charge < -0.3 is 5.32 Å². The number of carbonyl (C=O) groups is 1. The fraction of sp³-hybridized carbons (Fsp3) is 0.667. The van der Waals surface area contributed by atoms with Gasteiger partial charge in [0, 0.05) is 18.2 Å². The van der Waals surface area contributed by atoms with Crippen molar-refractivity contribution in [3.05, 3.63) is 35.4 Å². The standard InChI is InChI=1S/C21H32N2O/c1-4-23(5-2)14-16-6-9-18(10-7-16)21(24)22-15(3)20-13-17-8-11-19(20)12-17/h6-7,9-10,15,17,19-20H,4-5,8,11-14H2,1-3H3,(H,22,24). The van der Waals surface area contributed by atoms with Gasteiger partial charge in [0.25, 0.3) is 5.91 Å². The fourth-order valence-electron chi connectivity index (χ4n) is 4.77. The van der Waals surface area contributed by atoms with E-state index in [-0.39, 0.29) is 5.91 Å². The molecule has 0 spiro atoms. The molecule has 2 aliphatic rings. The molecule has 2 fully saturated rings. The highest BCUT2D eigenvalue weighted by atomic mass is 16.1. The van der Waals surface area contributed by atoms with Crippen LogP contribution in [0.5, 0.6) is 0 Å². The molecule has 2 aliphatic carbocycles. The highest BCUT2D eigenvalue weighted by Gasteiger charge is 2.42. The van der Waals surface area contributed by atoms with Crippen LogP contribution in [-0.2, 0) is 6.54 Å². The van der Waals surface area contributed by atoms with E-state index >= 15 is 0 Å². The first-order valence-electron chi connectivity index (χ1n) is 9.72. The van der Waals surface area contributed by atoms with Crippen molar-refractivity contribution in [2.45, 2.75) is 59.0 Å². The van der Waals surface area contributed by atoms with E-state index < -0.39 is 0 Å². The zero-order chi connectivity index (χ0) is 17.1. The van der Waals surface area contributed by atoms with Crippen molar-refractivity contribution in [2.75, 3.05) is 13.1 Å². The monoisotopic (exact) mass is 328 g/mol. The second kappa shape index (κ2) is 7.69. The van der Waals surface area contributed by atoms with Gasteiger partial charge in [-0.2, -0.15) is 0 Å². The van der Waals surface area contributed by atoms with Crippen molar-refractivity contribution in [3.8, 4) is 0 Å². The summed E-state index contributed by atoms with van der Waals surface area (Å²) in [7, 11) is 0. The highest BCUT2D eigenvalue weighted by molar-refractivity contribution is 5.94. The summed E-state index contributed by atoms with van der Waals surface area (Å²) in [6.45, 7) is 9.62. The third kappa shape index (κ3) is 3.83. The summed E-state index contributed by atoms with van der Waals surface area (Å²) in [6, 6.07) is 8.43. The van der Waals surface area contributed by atoms with Crippen molar-refractivity contribution in [2.24, 2.45) is 17.8 Å². The summed E-state index contributed by atoms with van der Waals surface area (Å²) in [5.41, 5.74) is 2.06. The van der Waals surface area contributed by atoms with Gasteiger partial charge in [0.1, 0.15) is 0 Å². The number of rotatable bonds is 7. The number of fused-ring (bicyclic) bond motifs is 2. The van der Waals surface area contributed by atoms with Gasteiger partial charge in [0.15, 0.2) is 0 Å². The minimum atomic E-state index is 0.0830. The molecule has 3 heteroatoms. The number of nitrogens with one attached hydrogen (secondary N) is 1. The zero-order valence-corrected chi connectivity index (χ0v) is 15.4. The number of amides is 1. The number of hydrogen-bond donors (Lipinski definition) is 1. The van der Waals surface area contributed by atoms with Crippen LogP contribution in [-0.4, -0.2) is 29.9 Å². The van der Waals surface area contributed by atoms with E-state index in [1.807, 2.05) is 12.1 Å². The van der Waals surface area contributed by atoms with E-state index in [0.29, 0.717) is 12.0 Å². The molecular formula is C21H32N2O. The van der Waals surface area contributed by atoms with E-state index in [2.05, 4.69) is 43.1 Å². The summed E-state index contributed by atoms with van der Waals surface area (Å²) >= 11 is 0. The summed E-state index contributed by atoms with van der Waals surface area (Å²) in [6.07, 6.45) is 5.49. The maximum atomic E-state index is 12.5. The first-order chi connectivity index (χ1) is 11.6. The molecule has 24 heavy (non-hydrogen) atoms. The van der Waals surface area contributed by atoms with Crippen molar-refractivity contribution in [1.82, 2.24) is 10.2 Å². The van der Waals surface area contributed by atoms with Crippen LogP contribution in [0.15, 0.2) is 24.3 Å². The topological polar surface area (TPSA) is 32.3 Å². The van der Waals surface area contributed by atoms with Crippen molar-refractivity contribution < 1.29 is 4.79 Å². The lowest BCUT2D eigenvalue weighted by atomic mass is 9.84. The molecule has 2 saturated carbocycles. The highest BCUT2D eigenvalue weighted by Crippen LogP contribution is 2.49. The van der Waals surface area contributed by atoms with Gasteiger partial charge >= 0.3 is 0 Å². The van der Waals surface area contributed by atoms with Crippen LogP contribution in [0.25, 0.3) is 0 Å². The Morgan fingerprint density at radius 1 is 1.17 bits per heavy atom. The lowest BCUT2D eigenvalue weighted by molar-refractivity contribution is 0.0915. The molecule has 1 amide bonds. The fourth-order valence-corrected chi connectivity index (χ4v) is 4.77. The van der Waals surface area contributed by atoms with Crippen LogP contribution in [0.2, 0.25) is 0 Å². The molecule has 0 aromatic heterocycles. The average Bonchev–Trinajstić information content (AvgIpc) is 3.23. The molecule has 1 aromatic carbocycles. The normalized spacial score (nSPS) is 26.8. The van der Waals surface area contributed by atoms with E-state index in [1.54, 1.807) is 0 Å². The zero-order valence-electron chi connectivity index (χ0n) is 15.4. The predicted molar refractivity (Wildman–Crippen MR) is 98.9 cm³/mol. The number of hydrogen-bond acceptors (Lipinski definition) is 2. The SMILES string of the molecule is CCN(CC)Cc1ccc(C(=O)NC(C)C2CC3CCC2C3)cc1. The maximum absolute atomic E-state index is 12.5. The molecule has 0 aliphatic heterocycles. The van der Waals surface area contributed by atoms with Gasteiger partial charge in [-0.15, -0.1) is 0 Å².